The zero-order valence-electron chi connectivity index (χ0n) is 16.1. The van der Waals surface area contributed by atoms with Gasteiger partial charge in [-0.05, 0) is 65.2 Å². The Morgan fingerprint density at radius 3 is 2.12 bits per heavy atom. The average molecular weight is 345 g/mol. The van der Waals surface area contributed by atoms with Gasteiger partial charge in [0.05, 0.1) is 18.2 Å². The fourth-order valence-corrected chi connectivity index (χ4v) is 3.21. The van der Waals surface area contributed by atoms with Crippen LogP contribution in [0, 0.1) is 20.8 Å². The SMILES string of the molecule is Cc1cc(C)c(C2=C(OC(=O)OC(C)C)CN(C(C)C)C2=O)c(C)c1. The quantitative estimate of drug-likeness (QED) is 0.770. The van der Waals surface area contributed by atoms with E-state index in [0.717, 1.165) is 22.3 Å². The summed E-state index contributed by atoms with van der Waals surface area (Å²) in [6.07, 6.45) is -1.05. The molecule has 0 atom stereocenters. The summed E-state index contributed by atoms with van der Waals surface area (Å²) in [5.41, 5.74) is 4.41. The molecule has 0 fully saturated rings. The fraction of sp³-hybridized carbons (Fsp3) is 0.500. The molecule has 0 unspecified atom stereocenters. The predicted molar refractivity (Wildman–Crippen MR) is 97.1 cm³/mol. The van der Waals surface area contributed by atoms with Crippen molar-refractivity contribution >= 4 is 17.6 Å². The number of amides is 1. The summed E-state index contributed by atoms with van der Waals surface area (Å²) in [6.45, 7) is 13.6. The standard InChI is InChI=1S/C20H27NO4/c1-11(2)21-10-16(25-20(23)24-12(3)4)18(19(21)22)17-14(6)8-13(5)9-15(17)7/h8-9,11-12H,10H2,1-7H3. The second-order valence-electron chi connectivity index (χ2n) is 7.12. The van der Waals surface area contributed by atoms with Crippen molar-refractivity contribution in [3.8, 4) is 0 Å². The molecule has 1 aliphatic rings. The van der Waals surface area contributed by atoms with Gasteiger partial charge in [0.15, 0.2) is 0 Å². The number of carbonyl (C=O) groups is 2. The van der Waals surface area contributed by atoms with Gasteiger partial charge in [0.2, 0.25) is 0 Å². The lowest BCUT2D eigenvalue weighted by Gasteiger charge is -2.21. The topological polar surface area (TPSA) is 55.8 Å². The van der Waals surface area contributed by atoms with E-state index in [2.05, 4.69) is 0 Å². The van der Waals surface area contributed by atoms with E-state index in [1.54, 1.807) is 18.7 Å². The van der Waals surface area contributed by atoms with E-state index in [-0.39, 0.29) is 24.6 Å². The maximum atomic E-state index is 13.0. The zero-order chi connectivity index (χ0) is 18.9. The number of aryl methyl sites for hydroxylation is 3. The van der Waals surface area contributed by atoms with Crippen molar-refractivity contribution in [2.75, 3.05) is 6.54 Å². The van der Waals surface area contributed by atoms with E-state index < -0.39 is 6.16 Å². The molecule has 0 radical (unpaired) electrons. The zero-order valence-corrected chi connectivity index (χ0v) is 16.1. The molecule has 0 saturated carbocycles. The highest BCUT2D eigenvalue weighted by atomic mass is 16.7. The molecule has 25 heavy (non-hydrogen) atoms. The lowest BCUT2D eigenvalue weighted by molar-refractivity contribution is -0.125. The smallest absolute Gasteiger partial charge is 0.431 e. The van der Waals surface area contributed by atoms with Crippen LogP contribution in [0.15, 0.2) is 17.9 Å². The third kappa shape index (κ3) is 4.03. The molecule has 0 spiro atoms. The second kappa shape index (κ2) is 7.30. The molecule has 0 saturated heterocycles. The number of ether oxygens (including phenoxy) is 2. The Kier molecular flexibility index (Phi) is 5.55. The molecular weight excluding hydrogens is 318 g/mol. The minimum atomic E-state index is -0.775. The Morgan fingerprint density at radius 1 is 1.08 bits per heavy atom. The average Bonchev–Trinajstić information content (AvgIpc) is 2.74. The summed E-state index contributed by atoms with van der Waals surface area (Å²) in [6, 6.07) is 4.07. The Balaban J connectivity index is 2.52. The van der Waals surface area contributed by atoms with Gasteiger partial charge in [0, 0.05) is 6.04 Å². The molecule has 0 aromatic heterocycles. The summed E-state index contributed by atoms with van der Waals surface area (Å²) < 4.78 is 10.5. The van der Waals surface area contributed by atoms with Gasteiger partial charge in [-0.2, -0.15) is 0 Å². The monoisotopic (exact) mass is 345 g/mol. The summed E-state index contributed by atoms with van der Waals surface area (Å²) in [4.78, 5) is 26.7. The Labute approximate surface area is 149 Å². The Bertz CT molecular complexity index is 708. The third-order valence-corrected chi connectivity index (χ3v) is 4.16. The van der Waals surface area contributed by atoms with Crippen molar-refractivity contribution in [3.63, 3.8) is 0 Å². The normalized spacial score (nSPS) is 14.8. The first-order valence-corrected chi connectivity index (χ1v) is 8.62. The van der Waals surface area contributed by atoms with Crippen molar-refractivity contribution in [2.45, 2.75) is 60.6 Å². The molecule has 1 heterocycles. The lowest BCUT2D eigenvalue weighted by atomic mass is 9.93. The highest BCUT2D eigenvalue weighted by Gasteiger charge is 2.36. The molecule has 0 N–H and O–H groups in total. The van der Waals surface area contributed by atoms with Gasteiger partial charge < -0.3 is 14.4 Å². The number of carbonyl (C=O) groups excluding carboxylic acids is 2. The Morgan fingerprint density at radius 2 is 1.64 bits per heavy atom. The highest BCUT2D eigenvalue weighted by Crippen LogP contribution is 2.34. The molecule has 5 nitrogen and oxygen atoms in total. The van der Waals surface area contributed by atoms with Crippen LogP contribution < -0.4 is 0 Å². The summed E-state index contributed by atoms with van der Waals surface area (Å²) in [5, 5.41) is 0. The molecular formula is C20H27NO4. The summed E-state index contributed by atoms with van der Waals surface area (Å²) >= 11 is 0. The van der Waals surface area contributed by atoms with Crippen LogP contribution in [-0.4, -0.2) is 35.7 Å². The number of hydrogen-bond donors (Lipinski definition) is 0. The van der Waals surface area contributed by atoms with Crippen LogP contribution in [0.5, 0.6) is 0 Å². The Hall–Kier alpha value is -2.30. The van der Waals surface area contributed by atoms with E-state index in [1.165, 1.54) is 0 Å². The van der Waals surface area contributed by atoms with E-state index in [4.69, 9.17) is 9.47 Å². The minimum absolute atomic E-state index is 0.00998. The first kappa shape index (κ1) is 19.0. The van der Waals surface area contributed by atoms with Gasteiger partial charge in [0.25, 0.3) is 5.91 Å². The van der Waals surface area contributed by atoms with Gasteiger partial charge in [-0.1, -0.05) is 17.7 Å². The minimum Gasteiger partial charge on any atom is -0.431 e. The van der Waals surface area contributed by atoms with Crippen molar-refractivity contribution in [1.82, 2.24) is 4.90 Å². The summed E-state index contributed by atoms with van der Waals surface area (Å²) in [7, 11) is 0. The van der Waals surface area contributed by atoms with Crippen LogP contribution in [0.3, 0.4) is 0 Å². The van der Waals surface area contributed by atoms with Crippen molar-refractivity contribution < 1.29 is 19.1 Å². The van der Waals surface area contributed by atoms with E-state index in [0.29, 0.717) is 11.3 Å². The van der Waals surface area contributed by atoms with E-state index >= 15 is 0 Å². The molecule has 5 heteroatoms. The maximum absolute atomic E-state index is 13.0. The highest BCUT2D eigenvalue weighted by molar-refractivity contribution is 6.23. The van der Waals surface area contributed by atoms with Crippen molar-refractivity contribution in [3.05, 3.63) is 40.1 Å². The number of benzene rings is 1. The molecule has 1 aromatic rings. The van der Waals surface area contributed by atoms with Crippen LogP contribution in [0.1, 0.15) is 49.9 Å². The van der Waals surface area contributed by atoms with Gasteiger partial charge in [-0.15, -0.1) is 0 Å². The number of nitrogens with zero attached hydrogens (tertiary/aromatic N) is 1. The largest absolute Gasteiger partial charge is 0.513 e. The first-order chi connectivity index (χ1) is 11.6. The number of hydrogen-bond acceptors (Lipinski definition) is 4. The van der Waals surface area contributed by atoms with Crippen LogP contribution in [0.4, 0.5) is 4.79 Å². The van der Waals surface area contributed by atoms with E-state index in [9.17, 15) is 9.59 Å². The van der Waals surface area contributed by atoms with Gasteiger partial charge in [-0.25, -0.2) is 4.79 Å². The van der Waals surface area contributed by atoms with Crippen molar-refractivity contribution in [1.29, 1.82) is 0 Å². The third-order valence-electron chi connectivity index (χ3n) is 4.16. The number of rotatable bonds is 4. The molecule has 0 aliphatic carbocycles. The molecule has 1 aliphatic heterocycles. The first-order valence-electron chi connectivity index (χ1n) is 8.62. The van der Waals surface area contributed by atoms with E-state index in [1.807, 2.05) is 46.8 Å². The van der Waals surface area contributed by atoms with Crippen molar-refractivity contribution in [2.24, 2.45) is 0 Å². The maximum Gasteiger partial charge on any atom is 0.513 e. The summed E-state index contributed by atoms with van der Waals surface area (Å²) in [5.74, 6) is 0.247. The molecule has 0 bridgehead atoms. The molecule has 136 valence electrons. The molecule has 1 amide bonds. The fourth-order valence-electron chi connectivity index (χ4n) is 3.21. The van der Waals surface area contributed by atoms with Crippen LogP contribution in [-0.2, 0) is 14.3 Å². The van der Waals surface area contributed by atoms with Crippen LogP contribution in [0.2, 0.25) is 0 Å². The second-order valence-corrected chi connectivity index (χ2v) is 7.12. The van der Waals surface area contributed by atoms with Crippen LogP contribution in [0.25, 0.3) is 5.57 Å². The lowest BCUT2D eigenvalue weighted by Crippen LogP contribution is -2.33. The van der Waals surface area contributed by atoms with Gasteiger partial charge >= 0.3 is 6.16 Å². The van der Waals surface area contributed by atoms with Crippen LogP contribution >= 0.6 is 0 Å². The molecule has 2 rings (SSSR count). The predicted octanol–water partition coefficient (Wildman–Crippen LogP) is 4.14. The molecule has 1 aromatic carbocycles. The van der Waals surface area contributed by atoms with Gasteiger partial charge in [-0.3, -0.25) is 4.79 Å². The van der Waals surface area contributed by atoms with Gasteiger partial charge in [0.1, 0.15) is 5.76 Å².